The third-order valence-electron chi connectivity index (χ3n) is 4.23. The van der Waals surface area contributed by atoms with Crippen molar-refractivity contribution >= 4 is 11.9 Å². The van der Waals surface area contributed by atoms with Gasteiger partial charge < -0.3 is 10.4 Å². The van der Waals surface area contributed by atoms with Gasteiger partial charge in [0.25, 0.3) is 0 Å². The van der Waals surface area contributed by atoms with Crippen molar-refractivity contribution in [3.05, 3.63) is 35.9 Å². The average Bonchev–Trinajstić information content (AvgIpc) is 2.42. The first-order chi connectivity index (χ1) is 10.1. The number of carboxylic acids is 1. The first kappa shape index (κ1) is 15.5. The Balaban J connectivity index is 1.63. The van der Waals surface area contributed by atoms with Gasteiger partial charge in [-0.1, -0.05) is 37.3 Å². The van der Waals surface area contributed by atoms with Crippen molar-refractivity contribution in [2.45, 2.75) is 45.1 Å². The fraction of sp³-hybridized carbons (Fsp3) is 0.529. The zero-order valence-corrected chi connectivity index (χ0v) is 12.4. The summed E-state index contributed by atoms with van der Waals surface area (Å²) >= 11 is 0. The van der Waals surface area contributed by atoms with Gasteiger partial charge in [-0.25, -0.2) is 0 Å². The molecule has 1 aromatic rings. The van der Waals surface area contributed by atoms with Gasteiger partial charge in [-0.15, -0.1) is 0 Å². The minimum Gasteiger partial charge on any atom is -0.481 e. The van der Waals surface area contributed by atoms with Gasteiger partial charge in [0.1, 0.15) is 0 Å². The van der Waals surface area contributed by atoms with E-state index in [0.29, 0.717) is 12.8 Å². The largest absolute Gasteiger partial charge is 0.481 e. The SMILES string of the molecule is CC(CCCc1ccccc1)C(=O)NC1CC(C(=O)O)C1. The number of benzene rings is 1. The fourth-order valence-electron chi connectivity index (χ4n) is 2.67. The molecular weight excluding hydrogens is 266 g/mol. The number of amides is 1. The first-order valence-electron chi connectivity index (χ1n) is 7.63. The molecule has 1 atom stereocenters. The van der Waals surface area contributed by atoms with E-state index in [-0.39, 0.29) is 23.8 Å². The van der Waals surface area contributed by atoms with Crippen LogP contribution >= 0.6 is 0 Å². The predicted octanol–water partition coefficient (Wildman–Crippen LogP) is 2.62. The van der Waals surface area contributed by atoms with Crippen molar-refractivity contribution in [2.24, 2.45) is 11.8 Å². The highest BCUT2D eigenvalue weighted by atomic mass is 16.4. The fourth-order valence-corrected chi connectivity index (χ4v) is 2.67. The molecule has 0 bridgehead atoms. The van der Waals surface area contributed by atoms with Crippen molar-refractivity contribution in [3.8, 4) is 0 Å². The molecule has 0 heterocycles. The molecule has 2 N–H and O–H groups in total. The lowest BCUT2D eigenvalue weighted by Crippen LogP contribution is -2.48. The summed E-state index contributed by atoms with van der Waals surface area (Å²) in [5, 5.41) is 11.8. The zero-order valence-electron chi connectivity index (χ0n) is 12.4. The molecule has 0 spiro atoms. The quantitative estimate of drug-likeness (QED) is 0.811. The summed E-state index contributed by atoms with van der Waals surface area (Å²) in [6.07, 6.45) is 3.97. The van der Waals surface area contributed by atoms with Crippen molar-refractivity contribution in [2.75, 3.05) is 0 Å². The maximum atomic E-state index is 12.0. The number of carbonyl (C=O) groups excluding carboxylic acids is 1. The van der Waals surface area contributed by atoms with Gasteiger partial charge in [0, 0.05) is 12.0 Å². The summed E-state index contributed by atoms with van der Waals surface area (Å²) in [7, 11) is 0. The second kappa shape index (κ2) is 7.25. The van der Waals surface area contributed by atoms with Crippen LogP contribution in [0.2, 0.25) is 0 Å². The molecule has 114 valence electrons. The molecule has 4 nitrogen and oxygen atoms in total. The van der Waals surface area contributed by atoms with E-state index < -0.39 is 5.97 Å². The van der Waals surface area contributed by atoms with Crippen LogP contribution < -0.4 is 5.32 Å². The van der Waals surface area contributed by atoms with E-state index >= 15 is 0 Å². The molecule has 1 unspecified atom stereocenters. The van der Waals surface area contributed by atoms with E-state index in [9.17, 15) is 9.59 Å². The van der Waals surface area contributed by atoms with Crippen molar-refractivity contribution in [1.82, 2.24) is 5.32 Å². The highest BCUT2D eigenvalue weighted by molar-refractivity contribution is 5.79. The number of nitrogens with one attached hydrogen (secondary N) is 1. The summed E-state index contributed by atoms with van der Waals surface area (Å²) in [6, 6.07) is 10.3. The highest BCUT2D eigenvalue weighted by Gasteiger charge is 2.35. The van der Waals surface area contributed by atoms with Crippen LogP contribution in [-0.4, -0.2) is 23.0 Å². The molecule has 2 rings (SSSR count). The van der Waals surface area contributed by atoms with Gasteiger partial charge in [-0.05, 0) is 37.7 Å². The Morgan fingerprint density at radius 3 is 2.57 bits per heavy atom. The summed E-state index contributed by atoms with van der Waals surface area (Å²) in [4.78, 5) is 22.7. The molecule has 1 fully saturated rings. The van der Waals surface area contributed by atoms with E-state index in [1.54, 1.807) is 0 Å². The van der Waals surface area contributed by atoms with Crippen LogP contribution in [0.25, 0.3) is 0 Å². The molecule has 1 aliphatic rings. The second-order valence-electron chi connectivity index (χ2n) is 5.99. The normalized spacial score (nSPS) is 22.1. The molecule has 1 aliphatic carbocycles. The maximum Gasteiger partial charge on any atom is 0.306 e. The van der Waals surface area contributed by atoms with Crippen molar-refractivity contribution in [1.29, 1.82) is 0 Å². The van der Waals surface area contributed by atoms with Gasteiger partial charge in [-0.2, -0.15) is 0 Å². The minimum absolute atomic E-state index is 0.0161. The first-order valence-corrected chi connectivity index (χ1v) is 7.63. The Bertz CT molecular complexity index is 480. The van der Waals surface area contributed by atoms with E-state index in [4.69, 9.17) is 5.11 Å². The van der Waals surface area contributed by atoms with Gasteiger partial charge in [0.15, 0.2) is 0 Å². The number of hydrogen-bond acceptors (Lipinski definition) is 2. The van der Waals surface area contributed by atoms with E-state index in [0.717, 1.165) is 19.3 Å². The van der Waals surface area contributed by atoms with Gasteiger partial charge >= 0.3 is 5.97 Å². The Morgan fingerprint density at radius 2 is 1.95 bits per heavy atom. The van der Waals surface area contributed by atoms with E-state index in [2.05, 4.69) is 17.4 Å². The van der Waals surface area contributed by atoms with Gasteiger partial charge in [-0.3, -0.25) is 9.59 Å². The summed E-state index contributed by atoms with van der Waals surface area (Å²) in [5.74, 6) is -0.991. The molecule has 1 saturated carbocycles. The molecule has 0 radical (unpaired) electrons. The predicted molar refractivity (Wildman–Crippen MR) is 80.8 cm³/mol. The number of carboxylic acid groups (broad SMARTS) is 1. The lowest BCUT2D eigenvalue weighted by atomic mass is 9.80. The van der Waals surface area contributed by atoms with Crippen LogP contribution in [0.15, 0.2) is 30.3 Å². The molecule has 1 aromatic carbocycles. The van der Waals surface area contributed by atoms with E-state index in [1.807, 2.05) is 25.1 Å². The lowest BCUT2D eigenvalue weighted by Gasteiger charge is -2.33. The molecule has 1 amide bonds. The summed E-state index contributed by atoms with van der Waals surface area (Å²) < 4.78 is 0. The number of rotatable bonds is 7. The number of hydrogen-bond donors (Lipinski definition) is 2. The Morgan fingerprint density at radius 1 is 1.29 bits per heavy atom. The second-order valence-corrected chi connectivity index (χ2v) is 5.99. The van der Waals surface area contributed by atoms with Crippen LogP contribution in [0.1, 0.15) is 38.2 Å². The van der Waals surface area contributed by atoms with Crippen LogP contribution in [0.5, 0.6) is 0 Å². The smallest absolute Gasteiger partial charge is 0.306 e. The number of aliphatic carboxylic acids is 1. The van der Waals surface area contributed by atoms with Crippen LogP contribution in [-0.2, 0) is 16.0 Å². The van der Waals surface area contributed by atoms with Crippen LogP contribution in [0, 0.1) is 11.8 Å². The van der Waals surface area contributed by atoms with E-state index in [1.165, 1.54) is 5.56 Å². The molecule has 0 aromatic heterocycles. The Hall–Kier alpha value is -1.84. The van der Waals surface area contributed by atoms with Gasteiger partial charge in [0.2, 0.25) is 5.91 Å². The lowest BCUT2D eigenvalue weighted by molar-refractivity contribution is -0.146. The van der Waals surface area contributed by atoms with Crippen molar-refractivity contribution in [3.63, 3.8) is 0 Å². The molecule has 0 saturated heterocycles. The summed E-state index contributed by atoms with van der Waals surface area (Å²) in [6.45, 7) is 1.94. The van der Waals surface area contributed by atoms with Crippen LogP contribution in [0.3, 0.4) is 0 Å². The topological polar surface area (TPSA) is 66.4 Å². The molecule has 0 aliphatic heterocycles. The maximum absolute atomic E-state index is 12.0. The molecular formula is C17H23NO3. The standard InChI is InChI=1S/C17H23NO3/c1-12(6-5-9-13-7-3-2-4-8-13)16(19)18-15-10-14(11-15)17(20)21/h2-4,7-8,12,14-15H,5-6,9-11H2,1H3,(H,18,19)(H,20,21). The zero-order chi connectivity index (χ0) is 15.2. The number of carbonyl (C=O) groups is 2. The highest BCUT2D eigenvalue weighted by Crippen LogP contribution is 2.27. The molecule has 21 heavy (non-hydrogen) atoms. The third-order valence-corrected chi connectivity index (χ3v) is 4.23. The number of aryl methyl sites for hydroxylation is 1. The minimum atomic E-state index is -0.753. The average molecular weight is 289 g/mol. The Kier molecular flexibility index (Phi) is 5.37. The third kappa shape index (κ3) is 4.59. The van der Waals surface area contributed by atoms with Gasteiger partial charge in [0.05, 0.1) is 5.92 Å². The molecule has 4 heteroatoms. The monoisotopic (exact) mass is 289 g/mol. The van der Waals surface area contributed by atoms with Crippen LogP contribution in [0.4, 0.5) is 0 Å². The Labute approximate surface area is 125 Å². The van der Waals surface area contributed by atoms with Crippen molar-refractivity contribution < 1.29 is 14.7 Å². The summed E-state index contributed by atoms with van der Waals surface area (Å²) in [5.41, 5.74) is 1.30.